The van der Waals surface area contributed by atoms with Gasteiger partial charge in [0.05, 0.1) is 16.9 Å². The Hall–Kier alpha value is -3.66. The smallest absolute Gasteiger partial charge is 0.258 e. The summed E-state index contributed by atoms with van der Waals surface area (Å²) >= 11 is 0. The molecule has 4 rings (SSSR count). The molecule has 0 aliphatic heterocycles. The molecule has 4 heteroatoms. The van der Waals surface area contributed by atoms with Crippen molar-refractivity contribution in [1.82, 2.24) is 14.7 Å². The van der Waals surface area contributed by atoms with Crippen molar-refractivity contribution < 1.29 is 4.79 Å². The third kappa shape index (κ3) is 4.35. The van der Waals surface area contributed by atoms with Crippen LogP contribution < -0.4 is 0 Å². The first-order chi connectivity index (χ1) is 15.6. The van der Waals surface area contributed by atoms with E-state index in [1.165, 1.54) is 5.56 Å². The third-order valence-electron chi connectivity index (χ3n) is 5.75. The van der Waals surface area contributed by atoms with Gasteiger partial charge in [-0.15, -0.1) is 0 Å². The predicted molar refractivity (Wildman–Crippen MR) is 130 cm³/mol. The molecule has 0 fully saturated rings. The quantitative estimate of drug-likeness (QED) is 0.362. The zero-order valence-corrected chi connectivity index (χ0v) is 19.0. The van der Waals surface area contributed by atoms with Crippen molar-refractivity contribution in [3.8, 4) is 16.9 Å². The van der Waals surface area contributed by atoms with E-state index >= 15 is 0 Å². The second kappa shape index (κ2) is 9.65. The predicted octanol–water partition coefficient (Wildman–Crippen LogP) is 6.07. The van der Waals surface area contributed by atoms with Crippen LogP contribution in [0, 0.1) is 6.92 Å². The van der Waals surface area contributed by atoms with Crippen molar-refractivity contribution in [3.05, 3.63) is 107 Å². The summed E-state index contributed by atoms with van der Waals surface area (Å²) < 4.78 is 1.95. The molecule has 0 aliphatic rings. The standard InChI is InChI=1S/C28H29N3O/c1-4-13-25-26(28(32)30(3)20-23-17-12-11-14-21(23)2)27(22-15-7-5-8-16-22)29-31(25)24-18-9-6-10-19-24/h5-12,14-19H,4,13,20H2,1-3H3. The van der Waals surface area contributed by atoms with Gasteiger partial charge in [0, 0.05) is 19.2 Å². The van der Waals surface area contributed by atoms with Crippen molar-refractivity contribution in [3.63, 3.8) is 0 Å². The summed E-state index contributed by atoms with van der Waals surface area (Å²) in [6.07, 6.45) is 1.70. The molecule has 32 heavy (non-hydrogen) atoms. The highest BCUT2D eigenvalue weighted by Crippen LogP contribution is 2.30. The largest absolute Gasteiger partial charge is 0.337 e. The second-order valence-electron chi connectivity index (χ2n) is 8.12. The Balaban J connectivity index is 1.84. The number of aromatic nitrogens is 2. The monoisotopic (exact) mass is 423 g/mol. The fourth-order valence-electron chi connectivity index (χ4n) is 4.03. The van der Waals surface area contributed by atoms with Crippen LogP contribution in [0.3, 0.4) is 0 Å². The lowest BCUT2D eigenvalue weighted by molar-refractivity contribution is 0.0784. The summed E-state index contributed by atoms with van der Waals surface area (Å²) in [6, 6.07) is 28.3. The normalized spacial score (nSPS) is 10.8. The van der Waals surface area contributed by atoms with Crippen LogP contribution in [0.5, 0.6) is 0 Å². The second-order valence-corrected chi connectivity index (χ2v) is 8.12. The van der Waals surface area contributed by atoms with Gasteiger partial charge >= 0.3 is 0 Å². The van der Waals surface area contributed by atoms with E-state index in [9.17, 15) is 4.79 Å². The Morgan fingerprint density at radius 2 is 1.53 bits per heavy atom. The number of nitrogens with zero attached hydrogens (tertiary/aromatic N) is 3. The lowest BCUT2D eigenvalue weighted by Gasteiger charge is -2.20. The molecule has 4 nitrogen and oxygen atoms in total. The zero-order chi connectivity index (χ0) is 22.5. The maximum Gasteiger partial charge on any atom is 0.258 e. The molecule has 1 amide bonds. The molecule has 162 valence electrons. The van der Waals surface area contributed by atoms with Gasteiger partial charge in [0.2, 0.25) is 0 Å². The average molecular weight is 424 g/mol. The fourth-order valence-corrected chi connectivity index (χ4v) is 4.03. The summed E-state index contributed by atoms with van der Waals surface area (Å²) in [4.78, 5) is 15.7. The number of aryl methyl sites for hydroxylation is 1. The van der Waals surface area contributed by atoms with Crippen molar-refractivity contribution >= 4 is 5.91 Å². The van der Waals surface area contributed by atoms with Crippen LogP contribution in [-0.2, 0) is 13.0 Å². The number of hydrogen-bond donors (Lipinski definition) is 0. The molecule has 1 heterocycles. The highest BCUT2D eigenvalue weighted by molar-refractivity contribution is 6.01. The topological polar surface area (TPSA) is 38.1 Å². The number of amides is 1. The van der Waals surface area contributed by atoms with E-state index in [0.29, 0.717) is 12.1 Å². The average Bonchev–Trinajstić information content (AvgIpc) is 3.20. The Morgan fingerprint density at radius 1 is 0.906 bits per heavy atom. The molecule has 0 radical (unpaired) electrons. The lowest BCUT2D eigenvalue weighted by Crippen LogP contribution is -2.27. The molecule has 0 saturated carbocycles. The first-order valence-electron chi connectivity index (χ1n) is 11.1. The van der Waals surface area contributed by atoms with Gasteiger partial charge in [0.25, 0.3) is 5.91 Å². The Bertz CT molecular complexity index is 1200. The number of rotatable bonds is 7. The van der Waals surface area contributed by atoms with Crippen molar-refractivity contribution in [2.75, 3.05) is 7.05 Å². The fraction of sp³-hybridized carbons (Fsp3) is 0.214. The minimum absolute atomic E-state index is 0.00210. The number of para-hydroxylation sites is 1. The van der Waals surface area contributed by atoms with Gasteiger partial charge in [-0.2, -0.15) is 5.10 Å². The van der Waals surface area contributed by atoms with Crippen LogP contribution in [-0.4, -0.2) is 27.6 Å². The molecule has 0 atom stereocenters. The van der Waals surface area contributed by atoms with Gasteiger partial charge in [-0.05, 0) is 36.6 Å². The van der Waals surface area contributed by atoms with Crippen LogP contribution in [0.1, 0.15) is 40.5 Å². The van der Waals surface area contributed by atoms with E-state index in [-0.39, 0.29) is 5.91 Å². The van der Waals surface area contributed by atoms with Gasteiger partial charge in [-0.1, -0.05) is 86.1 Å². The van der Waals surface area contributed by atoms with Crippen LogP contribution >= 0.6 is 0 Å². The SMILES string of the molecule is CCCc1c(C(=O)N(C)Cc2ccccc2C)c(-c2ccccc2)nn1-c1ccccc1. The molecule has 0 N–H and O–H groups in total. The summed E-state index contributed by atoms with van der Waals surface area (Å²) in [5.74, 6) is -0.00210. The molecular formula is C28H29N3O. The summed E-state index contributed by atoms with van der Waals surface area (Å²) in [7, 11) is 1.87. The van der Waals surface area contributed by atoms with Crippen molar-refractivity contribution in [2.24, 2.45) is 0 Å². The lowest BCUT2D eigenvalue weighted by atomic mass is 10.0. The Labute approximate surface area is 190 Å². The van der Waals surface area contributed by atoms with Crippen LogP contribution in [0.25, 0.3) is 16.9 Å². The molecular weight excluding hydrogens is 394 g/mol. The van der Waals surface area contributed by atoms with Gasteiger partial charge in [-0.25, -0.2) is 4.68 Å². The van der Waals surface area contributed by atoms with E-state index in [1.807, 2.05) is 84.5 Å². The first-order valence-corrected chi connectivity index (χ1v) is 11.1. The van der Waals surface area contributed by atoms with Crippen LogP contribution in [0.15, 0.2) is 84.9 Å². The van der Waals surface area contributed by atoms with E-state index in [0.717, 1.165) is 41.0 Å². The maximum absolute atomic E-state index is 13.9. The minimum Gasteiger partial charge on any atom is -0.337 e. The van der Waals surface area contributed by atoms with Gasteiger partial charge < -0.3 is 4.90 Å². The van der Waals surface area contributed by atoms with Crippen molar-refractivity contribution in [1.29, 1.82) is 0 Å². The molecule has 0 spiro atoms. The third-order valence-corrected chi connectivity index (χ3v) is 5.75. The van der Waals surface area contributed by atoms with Gasteiger partial charge in [0.15, 0.2) is 0 Å². The first kappa shape index (κ1) is 21.6. The molecule has 0 unspecified atom stereocenters. The van der Waals surface area contributed by atoms with Crippen LogP contribution in [0.4, 0.5) is 0 Å². The zero-order valence-electron chi connectivity index (χ0n) is 19.0. The molecule has 3 aromatic carbocycles. The van der Waals surface area contributed by atoms with E-state index in [2.05, 4.69) is 26.0 Å². The number of benzene rings is 3. The molecule has 1 aromatic heterocycles. The molecule has 0 bridgehead atoms. The maximum atomic E-state index is 13.9. The number of hydrogen-bond acceptors (Lipinski definition) is 2. The molecule has 0 aliphatic carbocycles. The van der Waals surface area contributed by atoms with Gasteiger partial charge in [-0.3, -0.25) is 4.79 Å². The number of carbonyl (C=O) groups is 1. The van der Waals surface area contributed by atoms with Gasteiger partial charge in [0.1, 0.15) is 5.69 Å². The Kier molecular flexibility index (Phi) is 6.50. The highest BCUT2D eigenvalue weighted by Gasteiger charge is 2.27. The Morgan fingerprint density at radius 3 is 2.19 bits per heavy atom. The minimum atomic E-state index is -0.00210. The van der Waals surface area contributed by atoms with Crippen LogP contribution in [0.2, 0.25) is 0 Å². The summed E-state index contributed by atoms with van der Waals surface area (Å²) in [5, 5.41) is 4.97. The van der Waals surface area contributed by atoms with E-state index in [4.69, 9.17) is 5.10 Å². The molecule has 4 aromatic rings. The van der Waals surface area contributed by atoms with Crippen molar-refractivity contribution in [2.45, 2.75) is 33.2 Å². The number of carbonyl (C=O) groups excluding carboxylic acids is 1. The van der Waals surface area contributed by atoms with E-state index in [1.54, 1.807) is 4.90 Å². The summed E-state index contributed by atoms with van der Waals surface area (Å²) in [6.45, 7) is 4.77. The highest BCUT2D eigenvalue weighted by atomic mass is 16.2. The summed E-state index contributed by atoms with van der Waals surface area (Å²) in [5.41, 5.74) is 6.64. The van der Waals surface area contributed by atoms with E-state index < -0.39 is 0 Å². The molecule has 0 saturated heterocycles.